The molecule has 0 heterocycles. The molecule has 0 radical (unpaired) electrons. The molecule has 68 valence electrons. The Morgan fingerprint density at radius 2 is 2.25 bits per heavy atom. The SMILES string of the molecule is CCOC(=O)[C@H](N=C=S)C(C)C. The summed E-state index contributed by atoms with van der Waals surface area (Å²) in [4.78, 5) is 14.9. The predicted molar refractivity (Wildman–Crippen MR) is 50.3 cm³/mol. The molecule has 4 heteroatoms. The molecular weight excluding hydrogens is 174 g/mol. The van der Waals surface area contributed by atoms with Crippen molar-refractivity contribution >= 4 is 23.3 Å². The quantitative estimate of drug-likeness (QED) is 0.382. The zero-order valence-corrected chi connectivity index (χ0v) is 8.35. The first-order valence-corrected chi connectivity index (χ1v) is 4.27. The second-order valence-corrected chi connectivity index (χ2v) is 2.84. The van der Waals surface area contributed by atoms with Crippen molar-refractivity contribution in [2.24, 2.45) is 10.9 Å². The lowest BCUT2D eigenvalue weighted by atomic mass is 10.1. The van der Waals surface area contributed by atoms with Gasteiger partial charge in [-0.15, -0.1) is 0 Å². The number of hydrogen-bond acceptors (Lipinski definition) is 4. The lowest BCUT2D eigenvalue weighted by Crippen LogP contribution is -2.26. The molecule has 3 nitrogen and oxygen atoms in total. The Kier molecular flexibility index (Phi) is 5.51. The summed E-state index contributed by atoms with van der Waals surface area (Å²) in [6.45, 7) is 5.90. The van der Waals surface area contributed by atoms with Crippen LogP contribution in [0.4, 0.5) is 0 Å². The molecule has 0 fully saturated rings. The van der Waals surface area contributed by atoms with E-state index in [4.69, 9.17) is 4.74 Å². The topological polar surface area (TPSA) is 38.7 Å². The highest BCUT2D eigenvalue weighted by atomic mass is 32.1. The van der Waals surface area contributed by atoms with E-state index in [1.165, 1.54) is 0 Å². The van der Waals surface area contributed by atoms with Crippen molar-refractivity contribution in [2.75, 3.05) is 6.61 Å². The first-order chi connectivity index (χ1) is 5.63. The van der Waals surface area contributed by atoms with Crippen molar-refractivity contribution < 1.29 is 9.53 Å². The zero-order valence-electron chi connectivity index (χ0n) is 7.53. The van der Waals surface area contributed by atoms with Gasteiger partial charge in [0.2, 0.25) is 0 Å². The molecule has 0 saturated heterocycles. The molecule has 0 aliphatic heterocycles. The smallest absolute Gasteiger partial charge is 0.331 e. The lowest BCUT2D eigenvalue weighted by Gasteiger charge is -2.12. The van der Waals surface area contributed by atoms with Crippen molar-refractivity contribution in [3.63, 3.8) is 0 Å². The average Bonchev–Trinajstić information content (AvgIpc) is 1.99. The van der Waals surface area contributed by atoms with E-state index < -0.39 is 6.04 Å². The number of rotatable bonds is 4. The number of esters is 1. The van der Waals surface area contributed by atoms with Gasteiger partial charge in [0.1, 0.15) is 0 Å². The largest absolute Gasteiger partial charge is 0.464 e. The van der Waals surface area contributed by atoms with Crippen molar-refractivity contribution in [3.05, 3.63) is 0 Å². The molecule has 0 N–H and O–H groups in total. The number of carbonyl (C=O) groups excluding carboxylic acids is 1. The maximum atomic E-state index is 11.2. The molecule has 0 unspecified atom stereocenters. The first kappa shape index (κ1) is 11.3. The average molecular weight is 187 g/mol. The molecule has 0 aromatic rings. The fourth-order valence-electron chi connectivity index (χ4n) is 0.758. The Morgan fingerprint density at radius 1 is 1.67 bits per heavy atom. The van der Waals surface area contributed by atoms with E-state index in [0.717, 1.165) is 0 Å². The molecule has 0 rings (SSSR count). The molecular formula is C8H13NO2S. The predicted octanol–water partition coefficient (Wildman–Crippen LogP) is 1.68. The van der Waals surface area contributed by atoms with E-state index in [1.54, 1.807) is 6.92 Å². The van der Waals surface area contributed by atoms with Gasteiger partial charge in [-0.1, -0.05) is 13.8 Å². The number of isothiocyanates is 1. The van der Waals surface area contributed by atoms with E-state index in [1.807, 2.05) is 13.8 Å². The summed E-state index contributed by atoms with van der Waals surface area (Å²) in [5, 5.41) is 2.20. The Balaban J connectivity index is 4.29. The summed E-state index contributed by atoms with van der Waals surface area (Å²) in [5.41, 5.74) is 0. The molecule has 0 amide bonds. The van der Waals surface area contributed by atoms with Crippen LogP contribution >= 0.6 is 12.2 Å². The fourth-order valence-corrected chi connectivity index (χ4v) is 0.872. The van der Waals surface area contributed by atoms with Gasteiger partial charge < -0.3 is 4.74 Å². The fraction of sp³-hybridized carbons (Fsp3) is 0.750. The van der Waals surface area contributed by atoms with Gasteiger partial charge >= 0.3 is 5.97 Å². The molecule has 0 aliphatic rings. The maximum Gasteiger partial charge on any atom is 0.331 e. The Bertz CT molecular complexity index is 197. The number of thiocarbonyl (C=S) groups is 1. The summed E-state index contributed by atoms with van der Waals surface area (Å²) in [7, 11) is 0. The third kappa shape index (κ3) is 3.60. The van der Waals surface area contributed by atoms with Crippen LogP contribution in [-0.2, 0) is 9.53 Å². The summed E-state index contributed by atoms with van der Waals surface area (Å²) in [6, 6.07) is -0.498. The van der Waals surface area contributed by atoms with Crippen molar-refractivity contribution in [3.8, 4) is 0 Å². The molecule has 0 aromatic carbocycles. The van der Waals surface area contributed by atoms with Gasteiger partial charge in [-0.25, -0.2) is 9.79 Å². The van der Waals surface area contributed by atoms with Crippen LogP contribution in [0.2, 0.25) is 0 Å². The van der Waals surface area contributed by atoms with E-state index >= 15 is 0 Å². The zero-order chi connectivity index (χ0) is 9.56. The number of ether oxygens (including phenoxy) is 1. The number of nitrogens with zero attached hydrogens (tertiary/aromatic N) is 1. The first-order valence-electron chi connectivity index (χ1n) is 3.87. The minimum atomic E-state index is -0.498. The second kappa shape index (κ2) is 5.86. The third-order valence-corrected chi connectivity index (χ3v) is 1.46. The minimum absolute atomic E-state index is 0.0968. The van der Waals surface area contributed by atoms with E-state index in [2.05, 4.69) is 22.4 Å². The monoisotopic (exact) mass is 187 g/mol. The Labute approximate surface area is 77.8 Å². The van der Waals surface area contributed by atoms with Gasteiger partial charge in [0.25, 0.3) is 0 Å². The van der Waals surface area contributed by atoms with Gasteiger partial charge in [-0.05, 0) is 25.1 Å². The number of hydrogen-bond donors (Lipinski definition) is 0. The van der Waals surface area contributed by atoms with E-state index in [9.17, 15) is 4.79 Å². The van der Waals surface area contributed by atoms with Gasteiger partial charge in [0.05, 0.1) is 11.8 Å². The second-order valence-electron chi connectivity index (χ2n) is 2.66. The lowest BCUT2D eigenvalue weighted by molar-refractivity contribution is -0.145. The normalized spacial score (nSPS) is 12.0. The van der Waals surface area contributed by atoms with Gasteiger partial charge in [0.15, 0.2) is 6.04 Å². The number of aliphatic imine (C=N–C) groups is 1. The minimum Gasteiger partial charge on any atom is -0.464 e. The van der Waals surface area contributed by atoms with Crippen LogP contribution in [0, 0.1) is 5.92 Å². The molecule has 0 bridgehead atoms. The van der Waals surface area contributed by atoms with Crippen LogP contribution in [0.3, 0.4) is 0 Å². The van der Waals surface area contributed by atoms with Crippen LogP contribution in [-0.4, -0.2) is 23.8 Å². The molecule has 0 aromatic heterocycles. The molecule has 0 saturated carbocycles. The van der Waals surface area contributed by atoms with Gasteiger partial charge in [-0.3, -0.25) is 0 Å². The van der Waals surface area contributed by atoms with Crippen LogP contribution in [0.5, 0.6) is 0 Å². The maximum absolute atomic E-state index is 11.2. The molecule has 0 spiro atoms. The summed E-state index contributed by atoms with van der Waals surface area (Å²) in [6.07, 6.45) is 0. The van der Waals surface area contributed by atoms with Crippen molar-refractivity contribution in [1.82, 2.24) is 0 Å². The Morgan fingerprint density at radius 3 is 2.58 bits per heavy atom. The summed E-state index contributed by atoms with van der Waals surface area (Å²) in [5.74, 6) is -0.232. The highest BCUT2D eigenvalue weighted by Crippen LogP contribution is 2.07. The van der Waals surface area contributed by atoms with Crippen LogP contribution < -0.4 is 0 Å². The molecule has 0 aliphatic carbocycles. The standard InChI is InChI=1S/C8H13NO2S/c1-4-11-8(10)7(6(2)3)9-5-12/h6-7H,4H2,1-3H3/t7-/m1/s1. The summed E-state index contributed by atoms with van der Waals surface area (Å²) >= 11 is 4.43. The van der Waals surface area contributed by atoms with E-state index in [0.29, 0.717) is 6.61 Å². The van der Waals surface area contributed by atoms with E-state index in [-0.39, 0.29) is 11.9 Å². The van der Waals surface area contributed by atoms with Crippen LogP contribution in [0.1, 0.15) is 20.8 Å². The van der Waals surface area contributed by atoms with Crippen LogP contribution in [0.25, 0.3) is 0 Å². The van der Waals surface area contributed by atoms with Crippen LogP contribution in [0.15, 0.2) is 4.99 Å². The summed E-state index contributed by atoms with van der Waals surface area (Å²) < 4.78 is 4.80. The third-order valence-electron chi connectivity index (χ3n) is 1.35. The molecule has 12 heavy (non-hydrogen) atoms. The Hall–Kier alpha value is -0.730. The highest BCUT2D eigenvalue weighted by molar-refractivity contribution is 7.78. The highest BCUT2D eigenvalue weighted by Gasteiger charge is 2.21. The molecule has 1 atom stereocenters. The number of carbonyl (C=O) groups is 1. The van der Waals surface area contributed by atoms with Gasteiger partial charge in [-0.2, -0.15) is 0 Å². The van der Waals surface area contributed by atoms with Gasteiger partial charge in [0, 0.05) is 0 Å². The van der Waals surface area contributed by atoms with Crippen molar-refractivity contribution in [1.29, 1.82) is 0 Å². The van der Waals surface area contributed by atoms with Crippen molar-refractivity contribution in [2.45, 2.75) is 26.8 Å².